The Morgan fingerprint density at radius 3 is 2.38 bits per heavy atom. The van der Waals surface area contributed by atoms with Crippen LogP contribution in [-0.4, -0.2) is 11.4 Å². The van der Waals surface area contributed by atoms with Crippen LogP contribution in [0.1, 0.15) is 13.3 Å². The van der Waals surface area contributed by atoms with Gasteiger partial charge in [-0.15, -0.1) is 0 Å². The predicted molar refractivity (Wildman–Crippen MR) is 22.5 cm³/mol. The minimum Gasteiger partial charge on any atom is -0.274 e. The number of carbonyl (C=O) groups is 1. The van der Waals surface area contributed by atoms with Crippen LogP contribution in [0, 0.1) is 0 Å². The third-order valence-electron chi connectivity index (χ3n) is 0.530. The summed E-state index contributed by atoms with van der Waals surface area (Å²) < 4.78 is 21.9. The standard InChI is InChI=1S/C3H6F2N2O/c1-2-3(8)6-7(4)5/h2H2,1H3,(H,6,8). The molecule has 3 nitrogen and oxygen atoms in total. The average molecular weight is 124 g/mol. The van der Waals surface area contributed by atoms with Crippen molar-refractivity contribution < 1.29 is 13.8 Å². The fourth-order valence-electron chi connectivity index (χ4n) is 0.173. The van der Waals surface area contributed by atoms with Gasteiger partial charge in [0.1, 0.15) is 5.45 Å². The summed E-state index contributed by atoms with van der Waals surface area (Å²) in [6.07, 6.45) is 0.0599. The van der Waals surface area contributed by atoms with Crippen LogP contribution in [0.4, 0.5) is 8.96 Å². The van der Waals surface area contributed by atoms with Gasteiger partial charge >= 0.3 is 0 Å². The maximum Gasteiger partial charge on any atom is 0.238 e. The number of nitrogens with zero attached hydrogens (tertiary/aromatic N) is 1. The first-order chi connectivity index (χ1) is 3.66. The highest BCUT2D eigenvalue weighted by Gasteiger charge is 2.01. The first-order valence-corrected chi connectivity index (χ1v) is 2.08. The molecule has 0 aliphatic carbocycles. The summed E-state index contributed by atoms with van der Waals surface area (Å²) in [4.78, 5) is 9.99. The lowest BCUT2D eigenvalue weighted by atomic mass is 10.5. The SMILES string of the molecule is CCC(=O)NN(F)F. The third kappa shape index (κ3) is 3.48. The maximum atomic E-state index is 11.0. The molecule has 1 amide bonds. The summed E-state index contributed by atoms with van der Waals surface area (Å²) in [6.45, 7) is 1.48. The lowest BCUT2D eigenvalue weighted by Crippen LogP contribution is -2.29. The van der Waals surface area contributed by atoms with Gasteiger partial charge in [-0.25, -0.2) is 5.43 Å². The molecule has 0 heterocycles. The first-order valence-electron chi connectivity index (χ1n) is 2.08. The molecule has 0 spiro atoms. The Bertz CT molecular complexity index is 85.4. The van der Waals surface area contributed by atoms with Crippen LogP contribution in [-0.2, 0) is 4.79 Å². The van der Waals surface area contributed by atoms with Gasteiger partial charge in [0.25, 0.3) is 0 Å². The number of hydrogen-bond acceptors (Lipinski definition) is 2. The van der Waals surface area contributed by atoms with Gasteiger partial charge in [-0.05, 0) is 0 Å². The van der Waals surface area contributed by atoms with Crippen molar-refractivity contribution in [3.63, 3.8) is 0 Å². The Labute approximate surface area is 45.1 Å². The highest BCUT2D eigenvalue weighted by molar-refractivity contribution is 5.74. The first kappa shape index (κ1) is 7.29. The molecule has 0 aromatic heterocycles. The van der Waals surface area contributed by atoms with Gasteiger partial charge < -0.3 is 0 Å². The van der Waals surface area contributed by atoms with Crippen molar-refractivity contribution in [2.24, 2.45) is 0 Å². The molecule has 5 heteroatoms. The van der Waals surface area contributed by atoms with Crippen molar-refractivity contribution in [2.45, 2.75) is 13.3 Å². The molecule has 8 heavy (non-hydrogen) atoms. The molecule has 0 saturated heterocycles. The highest BCUT2D eigenvalue weighted by atomic mass is 19.4. The van der Waals surface area contributed by atoms with Gasteiger partial charge in [0, 0.05) is 6.42 Å². The predicted octanol–water partition coefficient (Wildman–Crippen LogP) is 0.499. The number of carbonyl (C=O) groups excluding carboxylic acids is 1. The molecule has 1 N–H and O–H groups in total. The van der Waals surface area contributed by atoms with Gasteiger partial charge in [-0.3, -0.25) is 4.79 Å². The second-order valence-electron chi connectivity index (χ2n) is 1.12. The monoisotopic (exact) mass is 124 g/mol. The van der Waals surface area contributed by atoms with E-state index in [0.717, 1.165) is 0 Å². The number of halogens is 2. The van der Waals surface area contributed by atoms with E-state index in [4.69, 9.17) is 0 Å². The minimum absolute atomic E-state index is 0.0599. The molecule has 0 radical (unpaired) electrons. The number of rotatable bonds is 2. The summed E-state index contributed by atoms with van der Waals surface area (Å²) in [6, 6.07) is 0. The lowest BCUT2D eigenvalue weighted by molar-refractivity contribution is -0.201. The zero-order chi connectivity index (χ0) is 6.57. The smallest absolute Gasteiger partial charge is 0.238 e. The van der Waals surface area contributed by atoms with Crippen LogP contribution in [0.25, 0.3) is 0 Å². The van der Waals surface area contributed by atoms with E-state index in [2.05, 4.69) is 0 Å². The normalized spacial score (nSPS) is 9.50. The van der Waals surface area contributed by atoms with Crippen LogP contribution >= 0.6 is 0 Å². The fourth-order valence-corrected chi connectivity index (χ4v) is 0.173. The van der Waals surface area contributed by atoms with E-state index in [-0.39, 0.29) is 6.42 Å². The second-order valence-corrected chi connectivity index (χ2v) is 1.12. The minimum atomic E-state index is -1.37. The summed E-state index contributed by atoms with van der Waals surface area (Å²) >= 11 is 0. The Balaban J connectivity index is 3.25. The molecule has 0 rings (SSSR count). The molecular weight excluding hydrogens is 118 g/mol. The molecule has 0 aromatic carbocycles. The van der Waals surface area contributed by atoms with E-state index in [0.29, 0.717) is 0 Å². The molecule has 0 fully saturated rings. The largest absolute Gasteiger partial charge is 0.274 e. The summed E-state index contributed by atoms with van der Waals surface area (Å²) in [7, 11) is 0. The van der Waals surface area contributed by atoms with Gasteiger partial charge in [0.15, 0.2) is 0 Å². The van der Waals surface area contributed by atoms with Crippen molar-refractivity contribution in [2.75, 3.05) is 0 Å². The molecule has 0 aliphatic rings. The highest BCUT2D eigenvalue weighted by Crippen LogP contribution is 1.82. The second kappa shape index (κ2) is 3.31. The van der Waals surface area contributed by atoms with E-state index in [9.17, 15) is 13.8 Å². The van der Waals surface area contributed by atoms with Crippen molar-refractivity contribution in [3.8, 4) is 0 Å². The third-order valence-corrected chi connectivity index (χ3v) is 0.530. The van der Waals surface area contributed by atoms with Crippen molar-refractivity contribution in [1.82, 2.24) is 10.9 Å². The Morgan fingerprint density at radius 1 is 1.75 bits per heavy atom. The quantitative estimate of drug-likeness (QED) is 0.429. The fraction of sp³-hybridized carbons (Fsp3) is 0.667. The number of hydrazine groups is 1. The van der Waals surface area contributed by atoms with E-state index in [1.807, 2.05) is 0 Å². The van der Waals surface area contributed by atoms with E-state index >= 15 is 0 Å². The topological polar surface area (TPSA) is 32.3 Å². The molecule has 0 aromatic rings. The zero-order valence-electron chi connectivity index (χ0n) is 4.32. The van der Waals surface area contributed by atoms with Crippen LogP contribution in [0.2, 0.25) is 0 Å². The lowest BCUT2D eigenvalue weighted by Gasteiger charge is -1.98. The van der Waals surface area contributed by atoms with Crippen LogP contribution in [0.15, 0.2) is 0 Å². The molecule has 0 atom stereocenters. The van der Waals surface area contributed by atoms with Gasteiger partial charge in [-0.2, -0.15) is 0 Å². The van der Waals surface area contributed by atoms with Crippen LogP contribution in [0.5, 0.6) is 0 Å². The molecule has 0 aliphatic heterocycles. The van der Waals surface area contributed by atoms with Gasteiger partial charge in [-0.1, -0.05) is 15.9 Å². The average Bonchev–Trinajstić information content (AvgIpc) is 1.65. The molecule has 0 bridgehead atoms. The summed E-state index contributed by atoms with van der Waals surface area (Å²) in [5.41, 5.74) is -0.116. The van der Waals surface area contributed by atoms with E-state index in [1.54, 1.807) is 0 Å². The summed E-state index contributed by atoms with van der Waals surface area (Å²) in [5, 5.41) is 0. The molecular formula is C3H6F2N2O. The Kier molecular flexibility index (Phi) is 3.02. The molecule has 0 unspecified atom stereocenters. The van der Waals surface area contributed by atoms with Crippen LogP contribution < -0.4 is 5.43 Å². The van der Waals surface area contributed by atoms with Crippen molar-refractivity contribution in [1.29, 1.82) is 0 Å². The van der Waals surface area contributed by atoms with Crippen molar-refractivity contribution in [3.05, 3.63) is 0 Å². The summed E-state index contributed by atoms with van der Waals surface area (Å²) in [5.74, 6) is -0.699. The Hall–Kier alpha value is -0.710. The molecule has 0 saturated carbocycles. The molecule has 48 valence electrons. The van der Waals surface area contributed by atoms with Gasteiger partial charge in [0.2, 0.25) is 5.91 Å². The zero-order valence-corrected chi connectivity index (χ0v) is 4.32. The van der Waals surface area contributed by atoms with Crippen molar-refractivity contribution >= 4 is 5.91 Å². The number of amides is 1. The Morgan fingerprint density at radius 2 is 2.25 bits per heavy atom. The van der Waals surface area contributed by atoms with E-state index in [1.165, 1.54) is 12.3 Å². The van der Waals surface area contributed by atoms with Gasteiger partial charge in [0.05, 0.1) is 0 Å². The van der Waals surface area contributed by atoms with Crippen LogP contribution in [0.3, 0.4) is 0 Å². The maximum absolute atomic E-state index is 11.0. The number of nitrogens with one attached hydrogen (secondary N) is 1. The number of hydrogen-bond donors (Lipinski definition) is 1. The van der Waals surface area contributed by atoms with E-state index < -0.39 is 11.4 Å².